The van der Waals surface area contributed by atoms with Gasteiger partial charge in [0, 0.05) is 12.6 Å². The van der Waals surface area contributed by atoms with Gasteiger partial charge in [-0.15, -0.1) is 0 Å². The molecule has 0 aliphatic rings. The van der Waals surface area contributed by atoms with Crippen molar-refractivity contribution in [3.8, 4) is 0 Å². The molecule has 2 atom stereocenters. The largest absolute Gasteiger partial charge is 0.396 e. The highest BCUT2D eigenvalue weighted by Gasteiger charge is 2.23. The Bertz CT molecular complexity index is 355. The van der Waals surface area contributed by atoms with Crippen LogP contribution in [0.5, 0.6) is 0 Å². The SMILES string of the molecule is CC(CO)C(c1cccc(Cl)c1Cl)N(C)C. The van der Waals surface area contributed by atoms with Gasteiger partial charge < -0.3 is 10.0 Å². The number of aliphatic hydroxyl groups is 1. The molecule has 0 aromatic heterocycles. The summed E-state index contributed by atoms with van der Waals surface area (Å²) in [5, 5.41) is 10.4. The van der Waals surface area contributed by atoms with Crippen LogP contribution in [-0.4, -0.2) is 30.7 Å². The van der Waals surface area contributed by atoms with Gasteiger partial charge in [-0.05, 0) is 31.6 Å². The van der Waals surface area contributed by atoms with Crippen molar-refractivity contribution in [1.82, 2.24) is 4.90 Å². The summed E-state index contributed by atoms with van der Waals surface area (Å²) in [6.45, 7) is 2.10. The van der Waals surface area contributed by atoms with Crippen molar-refractivity contribution >= 4 is 23.2 Å². The topological polar surface area (TPSA) is 23.5 Å². The highest BCUT2D eigenvalue weighted by Crippen LogP contribution is 2.35. The number of nitrogens with zero attached hydrogens (tertiary/aromatic N) is 1. The molecule has 90 valence electrons. The molecular weight excluding hydrogens is 245 g/mol. The van der Waals surface area contributed by atoms with Crippen LogP contribution in [0.1, 0.15) is 18.5 Å². The maximum Gasteiger partial charge on any atom is 0.0640 e. The molecule has 1 aromatic carbocycles. The predicted octanol–water partition coefficient (Wildman–Crippen LogP) is 3.22. The fourth-order valence-electron chi connectivity index (χ4n) is 1.94. The van der Waals surface area contributed by atoms with Crippen LogP contribution in [0.3, 0.4) is 0 Å². The fourth-order valence-corrected chi connectivity index (χ4v) is 2.36. The maximum atomic E-state index is 9.27. The Balaban J connectivity index is 3.16. The number of halogens is 2. The molecule has 0 aliphatic heterocycles. The first-order valence-electron chi connectivity index (χ1n) is 5.20. The molecule has 0 saturated heterocycles. The first-order chi connectivity index (χ1) is 7.49. The molecule has 0 radical (unpaired) electrons. The monoisotopic (exact) mass is 261 g/mol. The predicted molar refractivity (Wildman–Crippen MR) is 69.1 cm³/mol. The standard InChI is InChI=1S/C12H17Cl2NO/c1-8(7-16)12(15(2)3)9-5-4-6-10(13)11(9)14/h4-6,8,12,16H,7H2,1-3H3. The van der Waals surface area contributed by atoms with E-state index in [-0.39, 0.29) is 18.6 Å². The zero-order valence-corrected chi connectivity index (χ0v) is 11.3. The molecule has 2 unspecified atom stereocenters. The third-order valence-corrected chi connectivity index (χ3v) is 3.52. The van der Waals surface area contributed by atoms with Gasteiger partial charge in [0.1, 0.15) is 0 Å². The zero-order valence-electron chi connectivity index (χ0n) is 9.74. The number of aliphatic hydroxyl groups excluding tert-OH is 1. The van der Waals surface area contributed by atoms with E-state index in [2.05, 4.69) is 0 Å². The van der Waals surface area contributed by atoms with Gasteiger partial charge in [0.2, 0.25) is 0 Å². The summed E-state index contributed by atoms with van der Waals surface area (Å²) in [5.74, 6) is 0.103. The minimum atomic E-state index is 0.0659. The molecule has 1 rings (SSSR count). The summed E-state index contributed by atoms with van der Waals surface area (Å²) in [6, 6.07) is 5.66. The molecule has 1 aromatic rings. The van der Waals surface area contributed by atoms with Crippen LogP contribution < -0.4 is 0 Å². The minimum absolute atomic E-state index is 0.0659. The van der Waals surface area contributed by atoms with Crippen LogP contribution in [0.4, 0.5) is 0 Å². The van der Waals surface area contributed by atoms with Crippen LogP contribution in [0.2, 0.25) is 10.0 Å². The van der Waals surface area contributed by atoms with Crippen LogP contribution in [0.25, 0.3) is 0 Å². The molecule has 1 N–H and O–H groups in total. The second-order valence-corrected chi connectivity index (χ2v) is 5.00. The van der Waals surface area contributed by atoms with Gasteiger partial charge in [0.05, 0.1) is 10.0 Å². The summed E-state index contributed by atoms with van der Waals surface area (Å²) >= 11 is 12.2. The fraction of sp³-hybridized carbons (Fsp3) is 0.500. The molecular formula is C12H17Cl2NO. The van der Waals surface area contributed by atoms with E-state index < -0.39 is 0 Å². The van der Waals surface area contributed by atoms with Crippen molar-refractivity contribution < 1.29 is 5.11 Å². The molecule has 4 heteroatoms. The van der Waals surface area contributed by atoms with Crippen LogP contribution >= 0.6 is 23.2 Å². The van der Waals surface area contributed by atoms with Gasteiger partial charge in [-0.25, -0.2) is 0 Å². The van der Waals surface area contributed by atoms with Crippen molar-refractivity contribution in [2.75, 3.05) is 20.7 Å². The van der Waals surface area contributed by atoms with E-state index in [0.717, 1.165) is 5.56 Å². The van der Waals surface area contributed by atoms with E-state index in [1.807, 2.05) is 38.1 Å². The number of hydrogen-bond donors (Lipinski definition) is 1. The lowest BCUT2D eigenvalue weighted by molar-refractivity contribution is 0.146. The summed E-state index contributed by atoms with van der Waals surface area (Å²) < 4.78 is 0. The van der Waals surface area contributed by atoms with E-state index >= 15 is 0 Å². The van der Waals surface area contributed by atoms with Gasteiger partial charge in [-0.1, -0.05) is 42.3 Å². The Kier molecular flexibility index (Phi) is 5.06. The average molecular weight is 262 g/mol. The lowest BCUT2D eigenvalue weighted by Crippen LogP contribution is -2.28. The summed E-state index contributed by atoms with van der Waals surface area (Å²) in [7, 11) is 3.93. The van der Waals surface area contributed by atoms with Crippen molar-refractivity contribution in [2.24, 2.45) is 5.92 Å². The third kappa shape index (κ3) is 2.89. The van der Waals surface area contributed by atoms with Gasteiger partial charge in [-0.3, -0.25) is 0 Å². The molecule has 16 heavy (non-hydrogen) atoms. The average Bonchev–Trinajstić information content (AvgIpc) is 2.24. The van der Waals surface area contributed by atoms with Gasteiger partial charge in [0.15, 0.2) is 0 Å². The summed E-state index contributed by atoms with van der Waals surface area (Å²) in [4.78, 5) is 2.04. The Morgan fingerprint density at radius 1 is 1.31 bits per heavy atom. The molecule has 0 spiro atoms. The number of benzene rings is 1. The molecule has 0 heterocycles. The lowest BCUT2D eigenvalue weighted by atomic mass is 9.94. The zero-order chi connectivity index (χ0) is 12.3. The first kappa shape index (κ1) is 13.8. The van der Waals surface area contributed by atoms with E-state index in [0.29, 0.717) is 10.0 Å². The normalized spacial score (nSPS) is 15.2. The molecule has 0 fully saturated rings. The summed E-state index contributed by atoms with van der Waals surface area (Å²) in [5.41, 5.74) is 0.959. The highest BCUT2D eigenvalue weighted by atomic mass is 35.5. The third-order valence-electron chi connectivity index (χ3n) is 2.68. The van der Waals surface area contributed by atoms with Crippen LogP contribution in [0.15, 0.2) is 18.2 Å². The molecule has 0 aliphatic carbocycles. The summed E-state index contributed by atoms with van der Waals surface area (Å²) in [6.07, 6.45) is 0. The quantitative estimate of drug-likeness (QED) is 0.900. The Labute approximate surface area is 107 Å². The molecule has 0 saturated carbocycles. The van der Waals surface area contributed by atoms with E-state index in [1.54, 1.807) is 6.07 Å². The number of rotatable bonds is 4. The van der Waals surface area contributed by atoms with Crippen LogP contribution in [-0.2, 0) is 0 Å². The first-order valence-corrected chi connectivity index (χ1v) is 5.95. The molecule has 0 bridgehead atoms. The molecule has 0 amide bonds. The van der Waals surface area contributed by atoms with Crippen molar-refractivity contribution in [1.29, 1.82) is 0 Å². The van der Waals surface area contributed by atoms with E-state index in [1.165, 1.54) is 0 Å². The lowest BCUT2D eigenvalue weighted by Gasteiger charge is -2.30. The van der Waals surface area contributed by atoms with E-state index in [9.17, 15) is 5.11 Å². The molecule has 2 nitrogen and oxygen atoms in total. The van der Waals surface area contributed by atoms with Crippen LogP contribution in [0, 0.1) is 5.92 Å². The van der Waals surface area contributed by atoms with E-state index in [4.69, 9.17) is 23.2 Å². The Hall–Kier alpha value is -0.280. The Morgan fingerprint density at radius 2 is 1.94 bits per heavy atom. The number of hydrogen-bond acceptors (Lipinski definition) is 2. The van der Waals surface area contributed by atoms with Gasteiger partial charge in [-0.2, -0.15) is 0 Å². The minimum Gasteiger partial charge on any atom is -0.396 e. The Morgan fingerprint density at radius 3 is 2.44 bits per heavy atom. The maximum absolute atomic E-state index is 9.27. The van der Waals surface area contributed by atoms with Crippen molar-refractivity contribution in [3.05, 3.63) is 33.8 Å². The second-order valence-electron chi connectivity index (χ2n) is 4.21. The van der Waals surface area contributed by atoms with Gasteiger partial charge >= 0.3 is 0 Å². The smallest absolute Gasteiger partial charge is 0.0640 e. The second kappa shape index (κ2) is 5.87. The van der Waals surface area contributed by atoms with Gasteiger partial charge in [0.25, 0.3) is 0 Å². The van der Waals surface area contributed by atoms with Crippen molar-refractivity contribution in [2.45, 2.75) is 13.0 Å². The highest BCUT2D eigenvalue weighted by molar-refractivity contribution is 6.42. The van der Waals surface area contributed by atoms with Crippen molar-refractivity contribution in [3.63, 3.8) is 0 Å².